The summed E-state index contributed by atoms with van der Waals surface area (Å²) >= 11 is 13.5. The summed E-state index contributed by atoms with van der Waals surface area (Å²) in [7, 11) is 4.67. The molecule has 11 nitrogen and oxygen atoms in total. The van der Waals surface area contributed by atoms with Crippen molar-refractivity contribution < 1.29 is 14.3 Å². The number of rotatable bonds is 9. The third-order valence-corrected chi connectivity index (χ3v) is 8.47. The highest BCUT2D eigenvalue weighted by molar-refractivity contribution is 6.41. The highest BCUT2D eigenvalue weighted by Gasteiger charge is 2.31. The second-order valence-corrected chi connectivity index (χ2v) is 14.0. The minimum absolute atomic E-state index is 0.171. The van der Waals surface area contributed by atoms with Crippen LogP contribution in [0.2, 0.25) is 10.0 Å². The molecule has 0 saturated carbocycles. The number of halogens is 2. The first-order chi connectivity index (χ1) is 21.6. The van der Waals surface area contributed by atoms with Gasteiger partial charge < -0.3 is 19.7 Å². The van der Waals surface area contributed by atoms with E-state index in [0.29, 0.717) is 73.3 Å². The lowest BCUT2D eigenvalue weighted by Crippen LogP contribution is -2.51. The van der Waals surface area contributed by atoms with Gasteiger partial charge in [-0.1, -0.05) is 63.9 Å². The van der Waals surface area contributed by atoms with Crippen LogP contribution in [0.5, 0.6) is 11.5 Å². The van der Waals surface area contributed by atoms with Gasteiger partial charge in [-0.25, -0.2) is 4.98 Å². The molecule has 0 aliphatic carbocycles. The first-order valence-electron chi connectivity index (χ1n) is 15.0. The summed E-state index contributed by atoms with van der Waals surface area (Å²) in [5, 5.41) is 13.5. The molecule has 1 saturated heterocycles. The number of pyridine rings is 1. The van der Waals surface area contributed by atoms with Gasteiger partial charge in [0.2, 0.25) is 5.95 Å². The molecule has 3 aromatic rings. The van der Waals surface area contributed by atoms with Crippen LogP contribution in [-0.4, -0.2) is 84.2 Å². The number of carbonyl (C=O) groups is 1. The molecule has 246 valence electrons. The standard InChI is InChI=1S/C33H41Cl2N7O4/c1-32(2,3)15-21(16-36)29(43)41-11-9-40(10-12-41)18-33(4,5)19-42-28-20(17-38-31(37-6)39-28)13-22(30(42)44)25-26(34)23(45-7)14-24(46-8)27(25)35/h13-15,17H,9-12,18-19H2,1-8H3,(H,37,38,39). The van der Waals surface area contributed by atoms with E-state index in [9.17, 15) is 14.9 Å². The maximum absolute atomic E-state index is 14.4. The van der Waals surface area contributed by atoms with Gasteiger partial charge in [0.1, 0.15) is 28.8 Å². The Kier molecular flexibility index (Phi) is 10.6. The van der Waals surface area contributed by atoms with Crippen molar-refractivity contribution in [2.45, 2.75) is 41.2 Å². The van der Waals surface area contributed by atoms with E-state index in [-0.39, 0.29) is 38.1 Å². The van der Waals surface area contributed by atoms with Crippen LogP contribution in [0.4, 0.5) is 5.95 Å². The highest BCUT2D eigenvalue weighted by Crippen LogP contribution is 2.45. The molecule has 3 heterocycles. The van der Waals surface area contributed by atoms with E-state index in [1.807, 2.05) is 20.8 Å². The monoisotopic (exact) mass is 669 g/mol. The van der Waals surface area contributed by atoms with Gasteiger partial charge in [-0.05, 0) is 16.9 Å². The van der Waals surface area contributed by atoms with Crippen molar-refractivity contribution in [1.29, 1.82) is 5.26 Å². The fourth-order valence-electron chi connectivity index (χ4n) is 5.66. The molecule has 1 aliphatic rings. The number of hydrogen-bond acceptors (Lipinski definition) is 9. The average Bonchev–Trinajstić information content (AvgIpc) is 3.01. The van der Waals surface area contributed by atoms with Crippen molar-refractivity contribution in [3.05, 3.63) is 50.4 Å². The van der Waals surface area contributed by atoms with Crippen LogP contribution in [0.3, 0.4) is 0 Å². The van der Waals surface area contributed by atoms with Crippen LogP contribution in [0, 0.1) is 22.2 Å². The van der Waals surface area contributed by atoms with Crippen LogP contribution >= 0.6 is 23.2 Å². The Morgan fingerprint density at radius 2 is 1.65 bits per heavy atom. The van der Waals surface area contributed by atoms with Gasteiger partial charge in [-0.15, -0.1) is 0 Å². The fourth-order valence-corrected chi connectivity index (χ4v) is 6.37. The maximum atomic E-state index is 14.4. The van der Waals surface area contributed by atoms with Crippen molar-refractivity contribution in [1.82, 2.24) is 24.3 Å². The van der Waals surface area contributed by atoms with E-state index >= 15 is 0 Å². The minimum atomic E-state index is -0.407. The Hall–Kier alpha value is -3.85. The zero-order valence-electron chi connectivity index (χ0n) is 27.6. The second kappa shape index (κ2) is 13.9. The van der Waals surface area contributed by atoms with Gasteiger partial charge in [0, 0.05) is 69.5 Å². The number of ether oxygens (including phenoxy) is 2. The van der Waals surface area contributed by atoms with Gasteiger partial charge >= 0.3 is 0 Å². The summed E-state index contributed by atoms with van der Waals surface area (Å²) < 4.78 is 12.6. The number of aromatic nitrogens is 3. The molecular weight excluding hydrogens is 629 g/mol. The number of methoxy groups -OCH3 is 2. The number of hydrogen-bond donors (Lipinski definition) is 1. The van der Waals surface area contributed by atoms with E-state index in [4.69, 9.17) is 32.7 Å². The van der Waals surface area contributed by atoms with Crippen LogP contribution in [0.1, 0.15) is 34.6 Å². The topological polar surface area (TPSA) is 126 Å². The van der Waals surface area contributed by atoms with Crippen molar-refractivity contribution in [2.24, 2.45) is 10.8 Å². The molecule has 13 heteroatoms. The molecule has 1 amide bonds. The third kappa shape index (κ3) is 7.57. The van der Waals surface area contributed by atoms with Gasteiger partial charge in [0.25, 0.3) is 11.5 Å². The lowest BCUT2D eigenvalue weighted by Gasteiger charge is -2.39. The van der Waals surface area contributed by atoms with Crippen LogP contribution in [-0.2, 0) is 11.3 Å². The molecule has 0 bridgehead atoms. The van der Waals surface area contributed by atoms with Crippen LogP contribution in [0.15, 0.2) is 34.8 Å². The molecule has 1 aliphatic heterocycles. The molecule has 1 N–H and O–H groups in total. The Bertz CT molecular complexity index is 1740. The zero-order valence-corrected chi connectivity index (χ0v) is 29.1. The Morgan fingerprint density at radius 1 is 1.04 bits per heavy atom. The van der Waals surface area contributed by atoms with E-state index < -0.39 is 5.41 Å². The van der Waals surface area contributed by atoms with Gasteiger partial charge in [0.05, 0.1) is 29.8 Å². The summed E-state index contributed by atoms with van der Waals surface area (Å²) in [5.41, 5.74) is 0.188. The zero-order chi connectivity index (χ0) is 34.0. The molecule has 46 heavy (non-hydrogen) atoms. The lowest BCUT2D eigenvalue weighted by molar-refractivity contribution is -0.128. The molecule has 0 unspecified atom stereocenters. The third-order valence-electron chi connectivity index (χ3n) is 7.72. The van der Waals surface area contributed by atoms with Gasteiger partial charge in [-0.2, -0.15) is 10.2 Å². The number of fused-ring (bicyclic) bond motifs is 1. The number of nitriles is 1. The number of allylic oxidation sites excluding steroid dienone is 1. The summed E-state index contributed by atoms with van der Waals surface area (Å²) in [4.78, 5) is 40.4. The van der Waals surface area contributed by atoms with E-state index in [1.54, 1.807) is 40.9 Å². The minimum Gasteiger partial charge on any atom is -0.495 e. The van der Waals surface area contributed by atoms with Gasteiger partial charge in [-0.3, -0.25) is 19.1 Å². The number of benzene rings is 1. The molecule has 0 atom stereocenters. The number of carbonyl (C=O) groups excluding carboxylic acids is 1. The Labute approximate surface area is 279 Å². The normalized spacial score (nSPS) is 14.7. The maximum Gasteiger partial charge on any atom is 0.264 e. The first kappa shape index (κ1) is 35.0. The number of piperazine rings is 1. The molecule has 1 fully saturated rings. The quantitative estimate of drug-likeness (QED) is 0.232. The largest absolute Gasteiger partial charge is 0.495 e. The highest BCUT2D eigenvalue weighted by atomic mass is 35.5. The fraction of sp³-hybridized carbons (Fsp3) is 0.485. The molecule has 1 aromatic carbocycles. The van der Waals surface area contributed by atoms with Crippen LogP contribution < -0.4 is 20.3 Å². The number of anilines is 1. The summed E-state index contributed by atoms with van der Waals surface area (Å²) in [6, 6.07) is 5.34. The number of nitrogens with zero attached hydrogens (tertiary/aromatic N) is 6. The van der Waals surface area contributed by atoms with E-state index in [1.165, 1.54) is 14.2 Å². The van der Waals surface area contributed by atoms with Crippen molar-refractivity contribution in [3.63, 3.8) is 0 Å². The predicted octanol–water partition coefficient (Wildman–Crippen LogP) is 5.49. The van der Waals surface area contributed by atoms with Crippen LogP contribution in [0.25, 0.3) is 22.2 Å². The van der Waals surface area contributed by atoms with E-state index in [2.05, 4.69) is 40.1 Å². The molecular formula is C33H41Cl2N7O4. The Morgan fingerprint density at radius 3 is 2.17 bits per heavy atom. The predicted molar refractivity (Wildman–Crippen MR) is 182 cm³/mol. The van der Waals surface area contributed by atoms with Crippen molar-refractivity contribution in [3.8, 4) is 28.7 Å². The molecule has 0 radical (unpaired) electrons. The molecule has 4 rings (SSSR count). The molecule has 0 spiro atoms. The average molecular weight is 671 g/mol. The SMILES string of the molecule is CNc1ncc2cc(-c3c(Cl)c(OC)cc(OC)c3Cl)c(=O)n(CC(C)(C)CN3CCN(C(=O)C(C#N)=CC(C)(C)C)CC3)c2n1. The molecule has 2 aromatic heterocycles. The second-order valence-electron chi connectivity index (χ2n) is 13.2. The number of amides is 1. The lowest BCUT2D eigenvalue weighted by atomic mass is 9.91. The number of nitrogens with one attached hydrogen (secondary N) is 1. The Balaban J connectivity index is 1.67. The van der Waals surface area contributed by atoms with E-state index in [0.717, 1.165) is 0 Å². The summed E-state index contributed by atoms with van der Waals surface area (Å²) in [6.07, 6.45) is 3.38. The first-order valence-corrected chi connectivity index (χ1v) is 15.7. The van der Waals surface area contributed by atoms with Gasteiger partial charge in [0.15, 0.2) is 0 Å². The summed E-state index contributed by atoms with van der Waals surface area (Å²) in [6.45, 7) is 13.3. The summed E-state index contributed by atoms with van der Waals surface area (Å²) in [5.74, 6) is 0.778. The smallest absolute Gasteiger partial charge is 0.264 e. The van der Waals surface area contributed by atoms with Crippen molar-refractivity contribution in [2.75, 3.05) is 59.3 Å². The van der Waals surface area contributed by atoms with Crippen molar-refractivity contribution >= 4 is 46.1 Å².